The van der Waals surface area contributed by atoms with Crippen molar-refractivity contribution >= 4 is 31.2 Å². The molecule has 1 aliphatic heterocycles. The zero-order chi connectivity index (χ0) is 13.2. The van der Waals surface area contributed by atoms with Crippen LogP contribution in [0.4, 0.5) is 5.69 Å². The van der Waals surface area contributed by atoms with Gasteiger partial charge in [-0.05, 0) is 31.6 Å². The lowest BCUT2D eigenvalue weighted by atomic mass is 10.4. The van der Waals surface area contributed by atoms with Crippen LogP contribution in [0.3, 0.4) is 0 Å². The van der Waals surface area contributed by atoms with Crippen molar-refractivity contribution in [3.8, 4) is 0 Å². The van der Waals surface area contributed by atoms with Crippen LogP contribution in [0.15, 0.2) is 12.4 Å². The lowest BCUT2D eigenvalue weighted by Crippen LogP contribution is -2.43. The maximum absolute atomic E-state index is 5.24. The minimum absolute atomic E-state index is 0.377. The first-order valence-electron chi connectivity index (χ1n) is 6.31. The highest BCUT2D eigenvalue weighted by atomic mass is 32.1. The quantitative estimate of drug-likeness (QED) is 0.629. The van der Waals surface area contributed by atoms with Gasteiger partial charge in [0, 0.05) is 6.54 Å². The van der Waals surface area contributed by atoms with Gasteiger partial charge in [0.25, 0.3) is 0 Å². The Bertz CT molecular complexity index is 435. The Morgan fingerprint density at radius 2 is 2.11 bits per heavy atom. The number of nitrogens with zero attached hydrogens (tertiary/aromatic N) is 3. The molecule has 1 fully saturated rings. The van der Waals surface area contributed by atoms with Gasteiger partial charge in [0.05, 0.1) is 24.7 Å². The van der Waals surface area contributed by atoms with E-state index in [1.807, 2.05) is 19.3 Å². The standard InChI is InChI=1S/C12H19N3OSSi/c1-4-16-12(17)11-13-8-10(9-14-11)15-6-5-7-18(15,2)3/h8-9H,4-7H2,1-3H3. The number of aromatic nitrogens is 2. The Balaban J connectivity index is 2.15. The summed E-state index contributed by atoms with van der Waals surface area (Å²) in [4.78, 5) is 8.62. The number of hydrogen-bond acceptors (Lipinski definition) is 5. The monoisotopic (exact) mass is 281 g/mol. The zero-order valence-corrected chi connectivity index (χ0v) is 13.0. The highest BCUT2D eigenvalue weighted by molar-refractivity contribution is 7.80. The molecular formula is C12H19N3OSSi. The van der Waals surface area contributed by atoms with Crippen LogP contribution in [-0.2, 0) is 4.74 Å². The molecule has 2 rings (SSSR count). The lowest BCUT2D eigenvalue weighted by Gasteiger charge is -2.31. The zero-order valence-electron chi connectivity index (χ0n) is 11.1. The highest BCUT2D eigenvalue weighted by Gasteiger charge is 2.34. The van der Waals surface area contributed by atoms with Gasteiger partial charge in [0.2, 0.25) is 10.9 Å². The molecule has 4 nitrogen and oxygen atoms in total. The number of hydrogen-bond donors (Lipinski definition) is 0. The van der Waals surface area contributed by atoms with Crippen molar-refractivity contribution in [3.05, 3.63) is 18.2 Å². The van der Waals surface area contributed by atoms with Gasteiger partial charge >= 0.3 is 0 Å². The molecule has 0 radical (unpaired) electrons. The number of thiocarbonyl (C=S) groups is 1. The second-order valence-corrected chi connectivity index (χ2v) is 10.1. The van der Waals surface area contributed by atoms with Crippen LogP contribution in [0.1, 0.15) is 19.2 Å². The van der Waals surface area contributed by atoms with Gasteiger partial charge in [-0.15, -0.1) is 0 Å². The van der Waals surface area contributed by atoms with Crippen LogP contribution >= 0.6 is 12.2 Å². The Labute approximate surface area is 114 Å². The van der Waals surface area contributed by atoms with E-state index in [1.165, 1.54) is 12.5 Å². The second kappa shape index (κ2) is 5.32. The molecule has 98 valence electrons. The average Bonchev–Trinajstić information content (AvgIpc) is 2.69. The molecule has 1 aromatic rings. The van der Waals surface area contributed by atoms with Gasteiger partial charge in [-0.25, -0.2) is 9.97 Å². The van der Waals surface area contributed by atoms with Gasteiger partial charge in [0.1, 0.15) is 0 Å². The molecule has 1 saturated heterocycles. The van der Waals surface area contributed by atoms with Crippen molar-refractivity contribution in [2.45, 2.75) is 32.5 Å². The third-order valence-corrected chi connectivity index (χ3v) is 7.13. The topological polar surface area (TPSA) is 38.2 Å². The number of anilines is 1. The van der Waals surface area contributed by atoms with Gasteiger partial charge < -0.3 is 9.30 Å². The van der Waals surface area contributed by atoms with Crippen molar-refractivity contribution in [1.29, 1.82) is 0 Å². The minimum Gasteiger partial charge on any atom is -0.481 e. The Morgan fingerprint density at radius 1 is 1.44 bits per heavy atom. The molecular weight excluding hydrogens is 262 g/mol. The van der Waals surface area contributed by atoms with Crippen molar-refractivity contribution in [1.82, 2.24) is 9.97 Å². The highest BCUT2D eigenvalue weighted by Crippen LogP contribution is 2.30. The van der Waals surface area contributed by atoms with Gasteiger partial charge in [0.15, 0.2) is 8.24 Å². The normalized spacial score (nSPS) is 17.8. The summed E-state index contributed by atoms with van der Waals surface area (Å²) < 4.78 is 7.72. The van der Waals surface area contributed by atoms with Crippen LogP contribution in [-0.4, -0.2) is 36.4 Å². The maximum Gasteiger partial charge on any atom is 0.229 e. The number of ether oxygens (including phenoxy) is 1. The van der Waals surface area contributed by atoms with Gasteiger partial charge in [-0.1, -0.05) is 13.1 Å². The summed E-state index contributed by atoms with van der Waals surface area (Å²) in [6.07, 6.45) is 5.01. The molecule has 0 spiro atoms. The third-order valence-electron chi connectivity index (χ3n) is 3.31. The second-order valence-electron chi connectivity index (χ2n) is 5.05. The van der Waals surface area contributed by atoms with E-state index in [-0.39, 0.29) is 0 Å². The van der Waals surface area contributed by atoms with Crippen molar-refractivity contribution in [3.63, 3.8) is 0 Å². The molecule has 0 aromatic carbocycles. The fourth-order valence-corrected chi connectivity index (χ4v) is 5.44. The smallest absolute Gasteiger partial charge is 0.229 e. The fraction of sp³-hybridized carbons (Fsp3) is 0.583. The maximum atomic E-state index is 5.24. The van der Waals surface area contributed by atoms with Gasteiger partial charge in [-0.2, -0.15) is 0 Å². The van der Waals surface area contributed by atoms with Crippen LogP contribution in [0.25, 0.3) is 0 Å². The van der Waals surface area contributed by atoms with Crippen molar-refractivity contribution < 1.29 is 4.74 Å². The summed E-state index contributed by atoms with van der Waals surface area (Å²) in [6.45, 7) is 8.35. The van der Waals surface area contributed by atoms with E-state index in [0.29, 0.717) is 17.5 Å². The van der Waals surface area contributed by atoms with Crippen LogP contribution in [0.5, 0.6) is 0 Å². The molecule has 18 heavy (non-hydrogen) atoms. The molecule has 0 N–H and O–H groups in total. The van der Waals surface area contributed by atoms with Crippen molar-refractivity contribution in [2.75, 3.05) is 17.7 Å². The SMILES string of the molecule is CCOC(=S)c1ncc(N2CCC[Si]2(C)C)cn1. The first kappa shape index (κ1) is 13.4. The molecule has 0 aliphatic carbocycles. The fourth-order valence-electron chi connectivity index (χ4n) is 2.35. The van der Waals surface area contributed by atoms with Crippen LogP contribution in [0, 0.1) is 0 Å². The van der Waals surface area contributed by atoms with E-state index < -0.39 is 8.24 Å². The van der Waals surface area contributed by atoms with Crippen LogP contribution in [0.2, 0.25) is 19.1 Å². The van der Waals surface area contributed by atoms with E-state index in [2.05, 4.69) is 27.6 Å². The molecule has 0 atom stereocenters. The lowest BCUT2D eigenvalue weighted by molar-refractivity contribution is 0.335. The van der Waals surface area contributed by atoms with Gasteiger partial charge in [-0.3, -0.25) is 0 Å². The first-order valence-corrected chi connectivity index (χ1v) is 9.87. The number of rotatable bonds is 3. The summed E-state index contributed by atoms with van der Waals surface area (Å²) in [5, 5.41) is 0.377. The Morgan fingerprint density at radius 3 is 2.61 bits per heavy atom. The predicted octanol–water partition coefficient (Wildman–Crippen LogP) is 2.60. The Kier molecular flexibility index (Phi) is 3.96. The molecule has 0 unspecified atom stereocenters. The molecule has 0 amide bonds. The van der Waals surface area contributed by atoms with Crippen LogP contribution < -0.4 is 4.57 Å². The summed E-state index contributed by atoms with van der Waals surface area (Å²) in [5.41, 5.74) is 1.12. The minimum atomic E-state index is -1.28. The Hall–Kier alpha value is -1.01. The average molecular weight is 281 g/mol. The molecule has 2 heterocycles. The summed E-state index contributed by atoms with van der Waals surface area (Å²) in [6, 6.07) is 1.34. The largest absolute Gasteiger partial charge is 0.481 e. The summed E-state index contributed by atoms with van der Waals surface area (Å²) >= 11 is 5.09. The van der Waals surface area contributed by atoms with E-state index in [0.717, 1.165) is 12.2 Å². The first-order chi connectivity index (χ1) is 8.54. The van der Waals surface area contributed by atoms with E-state index in [1.54, 1.807) is 0 Å². The molecule has 0 saturated carbocycles. The molecule has 0 bridgehead atoms. The summed E-state index contributed by atoms with van der Waals surface area (Å²) in [7, 11) is -1.28. The predicted molar refractivity (Wildman–Crippen MR) is 79.6 cm³/mol. The summed E-state index contributed by atoms with van der Waals surface area (Å²) in [5.74, 6) is 0.509. The third kappa shape index (κ3) is 2.69. The molecule has 6 heteroatoms. The van der Waals surface area contributed by atoms with E-state index in [9.17, 15) is 0 Å². The molecule has 1 aromatic heterocycles. The molecule has 1 aliphatic rings. The van der Waals surface area contributed by atoms with E-state index >= 15 is 0 Å². The van der Waals surface area contributed by atoms with Crippen molar-refractivity contribution in [2.24, 2.45) is 0 Å². The van der Waals surface area contributed by atoms with E-state index in [4.69, 9.17) is 17.0 Å².